The monoisotopic (exact) mass is 225 g/mol. The molecule has 2 heteroatoms. The minimum Gasteiger partial charge on any atom is -0.391 e. The van der Waals surface area contributed by atoms with Crippen LogP contribution in [0.4, 0.5) is 0 Å². The van der Waals surface area contributed by atoms with Gasteiger partial charge in [-0.3, -0.25) is 4.90 Å². The average molecular weight is 225 g/mol. The lowest BCUT2D eigenvalue weighted by Crippen LogP contribution is -2.55. The van der Waals surface area contributed by atoms with Crippen LogP contribution in [-0.2, 0) is 0 Å². The van der Waals surface area contributed by atoms with Gasteiger partial charge in [0.2, 0.25) is 0 Å². The van der Waals surface area contributed by atoms with Gasteiger partial charge in [0.25, 0.3) is 0 Å². The molecule has 2 fully saturated rings. The van der Waals surface area contributed by atoms with Gasteiger partial charge in [0.1, 0.15) is 0 Å². The van der Waals surface area contributed by atoms with E-state index < -0.39 is 0 Å². The predicted molar refractivity (Wildman–Crippen MR) is 67.5 cm³/mol. The number of aliphatic hydroxyl groups is 1. The van der Waals surface area contributed by atoms with Crippen molar-refractivity contribution in [2.24, 2.45) is 5.92 Å². The molecule has 0 radical (unpaired) electrons. The number of nitrogens with zero attached hydrogens (tertiary/aromatic N) is 1. The summed E-state index contributed by atoms with van der Waals surface area (Å²) < 4.78 is 0. The summed E-state index contributed by atoms with van der Waals surface area (Å²) >= 11 is 0. The Kier molecular flexibility index (Phi) is 3.91. The second kappa shape index (κ2) is 5.05. The van der Waals surface area contributed by atoms with E-state index in [1.807, 2.05) is 0 Å². The maximum atomic E-state index is 10.7. The summed E-state index contributed by atoms with van der Waals surface area (Å²) in [5.74, 6) is 0.561. The molecule has 0 aromatic heterocycles. The van der Waals surface area contributed by atoms with Gasteiger partial charge in [-0.2, -0.15) is 0 Å². The molecule has 2 nitrogen and oxygen atoms in total. The van der Waals surface area contributed by atoms with Gasteiger partial charge in [-0.15, -0.1) is 0 Å². The van der Waals surface area contributed by atoms with Crippen molar-refractivity contribution in [2.75, 3.05) is 13.1 Å². The van der Waals surface area contributed by atoms with Crippen molar-refractivity contribution in [3.63, 3.8) is 0 Å². The van der Waals surface area contributed by atoms with E-state index in [1.165, 1.54) is 51.6 Å². The molecule has 0 amide bonds. The highest BCUT2D eigenvalue weighted by molar-refractivity contribution is 4.97. The molecule has 2 aliphatic rings. The number of likely N-dealkylation sites (tertiary alicyclic amines) is 1. The number of aliphatic hydroxyl groups excluding tert-OH is 1. The van der Waals surface area contributed by atoms with Gasteiger partial charge in [-0.25, -0.2) is 0 Å². The van der Waals surface area contributed by atoms with Crippen LogP contribution < -0.4 is 0 Å². The van der Waals surface area contributed by atoms with E-state index in [2.05, 4.69) is 18.7 Å². The highest BCUT2D eigenvalue weighted by Gasteiger charge is 2.42. The summed E-state index contributed by atoms with van der Waals surface area (Å²) in [7, 11) is 0. The summed E-state index contributed by atoms with van der Waals surface area (Å²) in [5.41, 5.74) is 0.0332. The zero-order chi connectivity index (χ0) is 11.6. The summed E-state index contributed by atoms with van der Waals surface area (Å²) in [6, 6.07) is 0. The number of hydrogen-bond acceptors (Lipinski definition) is 2. The molecule has 0 bridgehead atoms. The molecule has 2 rings (SSSR count). The normalized spacial score (nSPS) is 29.4. The lowest BCUT2D eigenvalue weighted by atomic mass is 9.81. The van der Waals surface area contributed by atoms with Crippen molar-refractivity contribution in [3.05, 3.63) is 0 Å². The molecule has 0 aromatic rings. The van der Waals surface area contributed by atoms with Gasteiger partial charge in [-0.05, 0) is 58.0 Å². The number of hydrogen-bond donors (Lipinski definition) is 1. The molecular weight excluding hydrogens is 198 g/mol. The Hall–Kier alpha value is -0.0800. The molecule has 0 aromatic carbocycles. The summed E-state index contributed by atoms with van der Waals surface area (Å²) in [4.78, 5) is 2.54. The first-order valence-electron chi connectivity index (χ1n) is 7.11. The van der Waals surface area contributed by atoms with Crippen LogP contribution in [0, 0.1) is 5.92 Å². The molecule has 1 heterocycles. The van der Waals surface area contributed by atoms with Crippen molar-refractivity contribution in [1.29, 1.82) is 0 Å². The molecule has 1 saturated heterocycles. The zero-order valence-electron chi connectivity index (χ0n) is 10.9. The van der Waals surface area contributed by atoms with Crippen LogP contribution >= 0.6 is 0 Å². The van der Waals surface area contributed by atoms with Gasteiger partial charge in [0.15, 0.2) is 0 Å². The first-order chi connectivity index (χ1) is 7.68. The second-order valence-corrected chi connectivity index (χ2v) is 5.89. The molecule has 2 atom stereocenters. The Morgan fingerprint density at radius 2 is 1.75 bits per heavy atom. The van der Waals surface area contributed by atoms with E-state index in [1.54, 1.807) is 0 Å². The Morgan fingerprint density at radius 1 is 1.19 bits per heavy atom. The fourth-order valence-electron chi connectivity index (χ4n) is 3.63. The van der Waals surface area contributed by atoms with Gasteiger partial charge >= 0.3 is 0 Å². The predicted octanol–water partition coefficient (Wildman–Crippen LogP) is 2.80. The van der Waals surface area contributed by atoms with Crippen LogP contribution in [0.2, 0.25) is 0 Å². The Morgan fingerprint density at radius 3 is 2.25 bits per heavy atom. The maximum Gasteiger partial charge on any atom is 0.0749 e. The van der Waals surface area contributed by atoms with Crippen LogP contribution in [0.3, 0.4) is 0 Å². The lowest BCUT2D eigenvalue weighted by Gasteiger charge is -2.44. The van der Waals surface area contributed by atoms with E-state index in [-0.39, 0.29) is 11.6 Å². The smallest absolute Gasteiger partial charge is 0.0749 e. The van der Waals surface area contributed by atoms with E-state index in [4.69, 9.17) is 0 Å². The quantitative estimate of drug-likeness (QED) is 0.795. The van der Waals surface area contributed by atoms with Crippen LogP contribution in [-0.4, -0.2) is 34.7 Å². The van der Waals surface area contributed by atoms with Crippen LogP contribution in [0.5, 0.6) is 0 Å². The molecule has 1 aliphatic heterocycles. The molecule has 0 spiro atoms. The second-order valence-electron chi connectivity index (χ2n) is 5.89. The van der Waals surface area contributed by atoms with Crippen molar-refractivity contribution in [2.45, 2.75) is 70.4 Å². The van der Waals surface area contributed by atoms with E-state index >= 15 is 0 Å². The Labute approximate surface area is 100 Å². The molecule has 1 N–H and O–H groups in total. The minimum absolute atomic E-state index is 0.0332. The summed E-state index contributed by atoms with van der Waals surface area (Å²) in [6.45, 7) is 6.89. The SMILES string of the molecule is CCC(C)(C(O)C1CCCC1)N1CCCC1. The Bertz CT molecular complexity index is 219. The summed E-state index contributed by atoms with van der Waals surface area (Å²) in [6.07, 6.45) is 8.71. The van der Waals surface area contributed by atoms with Crippen molar-refractivity contribution < 1.29 is 5.11 Å². The van der Waals surface area contributed by atoms with Crippen molar-refractivity contribution >= 4 is 0 Å². The molecular formula is C14H27NO. The largest absolute Gasteiger partial charge is 0.391 e. The average Bonchev–Trinajstić information content (AvgIpc) is 2.98. The fraction of sp³-hybridized carbons (Fsp3) is 1.00. The molecule has 1 saturated carbocycles. The summed E-state index contributed by atoms with van der Waals surface area (Å²) in [5, 5.41) is 10.7. The lowest BCUT2D eigenvalue weighted by molar-refractivity contribution is -0.0439. The van der Waals surface area contributed by atoms with Gasteiger partial charge in [0.05, 0.1) is 6.10 Å². The Balaban J connectivity index is 2.05. The third-order valence-corrected chi connectivity index (χ3v) is 5.03. The maximum absolute atomic E-state index is 10.7. The fourth-order valence-corrected chi connectivity index (χ4v) is 3.63. The molecule has 16 heavy (non-hydrogen) atoms. The van der Waals surface area contributed by atoms with Crippen molar-refractivity contribution in [3.8, 4) is 0 Å². The van der Waals surface area contributed by atoms with Crippen LogP contribution in [0.25, 0.3) is 0 Å². The molecule has 2 unspecified atom stereocenters. The highest BCUT2D eigenvalue weighted by Crippen LogP contribution is 2.37. The van der Waals surface area contributed by atoms with Gasteiger partial charge in [-0.1, -0.05) is 19.8 Å². The van der Waals surface area contributed by atoms with Gasteiger partial charge < -0.3 is 5.11 Å². The molecule has 1 aliphatic carbocycles. The van der Waals surface area contributed by atoms with Crippen molar-refractivity contribution in [1.82, 2.24) is 4.90 Å². The third kappa shape index (κ3) is 2.14. The number of rotatable bonds is 4. The van der Waals surface area contributed by atoms with Gasteiger partial charge in [0, 0.05) is 5.54 Å². The first kappa shape index (κ1) is 12.4. The van der Waals surface area contributed by atoms with Crippen LogP contribution in [0.15, 0.2) is 0 Å². The third-order valence-electron chi connectivity index (χ3n) is 5.03. The van der Waals surface area contributed by atoms with Crippen LogP contribution in [0.1, 0.15) is 58.8 Å². The minimum atomic E-state index is -0.113. The van der Waals surface area contributed by atoms with E-state index in [0.29, 0.717) is 5.92 Å². The highest BCUT2D eigenvalue weighted by atomic mass is 16.3. The first-order valence-corrected chi connectivity index (χ1v) is 7.11. The molecule has 94 valence electrons. The van der Waals surface area contributed by atoms with E-state index in [0.717, 1.165) is 6.42 Å². The standard InChI is InChI=1S/C14H27NO/c1-3-14(2,15-10-6-7-11-15)13(16)12-8-4-5-9-12/h12-13,16H,3-11H2,1-2H3. The topological polar surface area (TPSA) is 23.5 Å². The van der Waals surface area contributed by atoms with E-state index in [9.17, 15) is 5.11 Å². The zero-order valence-corrected chi connectivity index (χ0v) is 10.9.